The zero-order valence-corrected chi connectivity index (χ0v) is 21.1. The summed E-state index contributed by atoms with van der Waals surface area (Å²) in [5.41, 5.74) is -2.43. The maximum absolute atomic E-state index is 13.7. The Morgan fingerprint density at radius 3 is 2.49 bits per heavy atom. The molecule has 0 fully saturated rings. The van der Waals surface area contributed by atoms with E-state index in [1.165, 1.54) is 32.2 Å². The molecule has 0 aliphatic rings. The Bertz CT molecular complexity index is 1600. The Labute approximate surface area is 221 Å². The van der Waals surface area contributed by atoms with Gasteiger partial charge in [-0.25, -0.2) is 9.97 Å². The highest BCUT2D eigenvalue weighted by Crippen LogP contribution is 2.35. The van der Waals surface area contributed by atoms with Gasteiger partial charge in [-0.1, -0.05) is 34.8 Å². The van der Waals surface area contributed by atoms with Crippen LogP contribution in [0.1, 0.15) is 40.5 Å². The number of fused-ring (bicyclic) bond motifs is 1. The molecule has 0 radical (unpaired) electrons. The Morgan fingerprint density at radius 2 is 1.84 bits per heavy atom. The summed E-state index contributed by atoms with van der Waals surface area (Å²) in [6, 6.07) is 4.64. The molecule has 1 aromatic carbocycles. The lowest BCUT2D eigenvalue weighted by Crippen LogP contribution is -2.30. The predicted octanol–water partition coefficient (Wildman–Crippen LogP) is 6.04. The van der Waals surface area contributed by atoms with Crippen molar-refractivity contribution in [3.8, 4) is 5.75 Å². The molecule has 1 unspecified atom stereocenters. The van der Waals surface area contributed by atoms with Crippen molar-refractivity contribution in [2.75, 3.05) is 5.32 Å². The lowest BCUT2D eigenvalue weighted by molar-refractivity contribution is -0.138. The summed E-state index contributed by atoms with van der Waals surface area (Å²) in [6.45, 7) is 2.83. The number of rotatable bonds is 4. The number of anilines is 1. The van der Waals surface area contributed by atoms with Gasteiger partial charge in [0.1, 0.15) is 11.5 Å². The van der Waals surface area contributed by atoms with Crippen LogP contribution in [-0.4, -0.2) is 30.5 Å². The van der Waals surface area contributed by atoms with Crippen molar-refractivity contribution < 1.29 is 23.1 Å². The van der Waals surface area contributed by atoms with Gasteiger partial charge >= 0.3 is 6.18 Å². The number of aryl methyl sites for hydroxylation is 1. The van der Waals surface area contributed by atoms with E-state index in [0.717, 1.165) is 22.8 Å². The summed E-state index contributed by atoms with van der Waals surface area (Å²) in [4.78, 5) is 38.5. The van der Waals surface area contributed by atoms with E-state index in [4.69, 9.17) is 34.8 Å². The molecule has 37 heavy (non-hydrogen) atoms. The average Bonchev–Trinajstić information content (AvgIpc) is 2.83. The van der Waals surface area contributed by atoms with E-state index >= 15 is 0 Å². The number of aromatic hydroxyl groups is 1. The lowest BCUT2D eigenvalue weighted by Gasteiger charge is -2.22. The third-order valence-electron chi connectivity index (χ3n) is 5.50. The van der Waals surface area contributed by atoms with Gasteiger partial charge in [-0.15, -0.1) is 0 Å². The number of aromatic nitrogens is 4. The number of nitrogens with one attached hydrogen (secondary N) is 1. The molecule has 4 rings (SSSR count). The first-order chi connectivity index (χ1) is 17.3. The highest BCUT2D eigenvalue weighted by atomic mass is 35.5. The van der Waals surface area contributed by atoms with E-state index in [1.807, 2.05) is 0 Å². The molecule has 8 nitrogen and oxygen atoms in total. The number of carbonyl (C=O) groups excluding carboxylic acids is 1. The second kappa shape index (κ2) is 9.81. The van der Waals surface area contributed by atoms with Crippen LogP contribution in [-0.2, 0) is 6.18 Å². The molecule has 0 spiro atoms. The number of halogens is 6. The summed E-state index contributed by atoms with van der Waals surface area (Å²) in [7, 11) is 0. The number of alkyl halides is 3. The van der Waals surface area contributed by atoms with Crippen LogP contribution >= 0.6 is 34.8 Å². The minimum atomic E-state index is -4.71. The van der Waals surface area contributed by atoms with Gasteiger partial charge in [-0.3, -0.25) is 19.1 Å². The zero-order chi connectivity index (χ0) is 27.2. The standard InChI is InChI=1S/C23H15Cl3F3N5O3/c1-9(17-11(23(27,28)29)4-3-7-30-17)34-10(2)31-18-12(24)5-6-14(16(18)22(34)37)33-21(36)15-8-13(25)19(35)20(26)32-15/h3-9,35H,1-2H3,(H,33,36). The fourth-order valence-electron chi connectivity index (χ4n) is 3.83. The van der Waals surface area contributed by atoms with Crippen LogP contribution in [0.4, 0.5) is 18.9 Å². The minimum Gasteiger partial charge on any atom is -0.504 e. The Kier molecular flexibility index (Phi) is 7.06. The molecule has 14 heteroatoms. The second-order valence-electron chi connectivity index (χ2n) is 7.85. The Balaban J connectivity index is 1.88. The summed E-state index contributed by atoms with van der Waals surface area (Å²) >= 11 is 17.9. The molecule has 3 aromatic heterocycles. The molecule has 0 saturated carbocycles. The van der Waals surface area contributed by atoms with E-state index in [2.05, 4.69) is 20.3 Å². The molecule has 0 bridgehead atoms. The largest absolute Gasteiger partial charge is 0.504 e. The maximum atomic E-state index is 13.7. The smallest absolute Gasteiger partial charge is 0.418 e. The molecule has 1 atom stereocenters. The van der Waals surface area contributed by atoms with Crippen molar-refractivity contribution in [3.05, 3.63) is 84.9 Å². The van der Waals surface area contributed by atoms with Gasteiger partial charge in [0.15, 0.2) is 10.9 Å². The van der Waals surface area contributed by atoms with Crippen LogP contribution in [0.25, 0.3) is 10.9 Å². The number of benzene rings is 1. The monoisotopic (exact) mass is 571 g/mol. The second-order valence-corrected chi connectivity index (χ2v) is 9.02. The third-order valence-corrected chi connectivity index (χ3v) is 6.35. The highest BCUT2D eigenvalue weighted by Gasteiger charge is 2.36. The molecule has 0 aliphatic carbocycles. The quantitative estimate of drug-likeness (QED) is 0.289. The molecule has 4 aromatic rings. The lowest BCUT2D eigenvalue weighted by atomic mass is 10.1. The number of amides is 1. The topological polar surface area (TPSA) is 110 Å². The first-order valence-corrected chi connectivity index (χ1v) is 11.5. The van der Waals surface area contributed by atoms with Crippen LogP contribution in [0, 0.1) is 6.92 Å². The van der Waals surface area contributed by atoms with Crippen molar-refractivity contribution in [2.24, 2.45) is 0 Å². The third kappa shape index (κ3) is 4.94. The number of pyridine rings is 2. The fourth-order valence-corrected chi connectivity index (χ4v) is 4.46. The van der Waals surface area contributed by atoms with Crippen LogP contribution < -0.4 is 10.9 Å². The van der Waals surface area contributed by atoms with Crippen LogP contribution in [0.2, 0.25) is 15.2 Å². The van der Waals surface area contributed by atoms with Gasteiger partial charge in [0.25, 0.3) is 11.5 Å². The van der Waals surface area contributed by atoms with Crippen molar-refractivity contribution in [2.45, 2.75) is 26.1 Å². The van der Waals surface area contributed by atoms with Gasteiger partial charge in [0.05, 0.1) is 43.9 Å². The molecule has 192 valence electrons. The molecule has 0 saturated heterocycles. The van der Waals surface area contributed by atoms with Crippen molar-refractivity contribution in [1.29, 1.82) is 0 Å². The highest BCUT2D eigenvalue weighted by molar-refractivity contribution is 6.37. The first kappa shape index (κ1) is 26.6. The predicted molar refractivity (Wildman–Crippen MR) is 133 cm³/mol. The number of nitrogens with zero attached hydrogens (tertiary/aromatic N) is 4. The zero-order valence-electron chi connectivity index (χ0n) is 18.9. The summed E-state index contributed by atoms with van der Waals surface area (Å²) in [6.07, 6.45) is -3.51. The van der Waals surface area contributed by atoms with Crippen LogP contribution in [0.15, 0.2) is 41.3 Å². The molecule has 1 amide bonds. The first-order valence-electron chi connectivity index (χ1n) is 10.4. The normalized spacial score (nSPS) is 12.5. The number of hydrogen-bond acceptors (Lipinski definition) is 6. The Morgan fingerprint density at radius 1 is 1.14 bits per heavy atom. The molecule has 0 aliphatic heterocycles. The van der Waals surface area contributed by atoms with E-state index in [0.29, 0.717) is 0 Å². The van der Waals surface area contributed by atoms with Crippen LogP contribution in [0.5, 0.6) is 5.75 Å². The van der Waals surface area contributed by atoms with Gasteiger partial charge in [-0.2, -0.15) is 13.2 Å². The SMILES string of the molecule is Cc1nc2c(Cl)ccc(NC(=O)c3cc(Cl)c(O)c(Cl)n3)c2c(=O)n1C(C)c1ncccc1C(F)(F)F. The van der Waals surface area contributed by atoms with Crippen LogP contribution in [0.3, 0.4) is 0 Å². The maximum Gasteiger partial charge on any atom is 0.418 e. The molecule has 3 heterocycles. The van der Waals surface area contributed by atoms with E-state index < -0.39 is 40.2 Å². The average molecular weight is 573 g/mol. The summed E-state index contributed by atoms with van der Waals surface area (Å²) in [5, 5.41) is 11.5. The number of carbonyl (C=O) groups is 1. The number of hydrogen-bond donors (Lipinski definition) is 2. The van der Waals surface area contributed by atoms with Gasteiger partial charge < -0.3 is 10.4 Å². The van der Waals surface area contributed by atoms with Crippen molar-refractivity contribution in [1.82, 2.24) is 19.5 Å². The van der Waals surface area contributed by atoms with E-state index in [-0.39, 0.29) is 43.8 Å². The summed E-state index contributed by atoms with van der Waals surface area (Å²) in [5.74, 6) is -1.27. The molecule has 2 N–H and O–H groups in total. The van der Waals surface area contributed by atoms with Crippen molar-refractivity contribution >= 4 is 57.3 Å². The Hall–Kier alpha value is -3.41. The van der Waals surface area contributed by atoms with Gasteiger partial charge in [-0.05, 0) is 44.2 Å². The van der Waals surface area contributed by atoms with Gasteiger partial charge in [0, 0.05) is 6.20 Å². The van der Waals surface area contributed by atoms with E-state index in [9.17, 15) is 27.9 Å². The van der Waals surface area contributed by atoms with Gasteiger partial charge in [0.2, 0.25) is 0 Å². The molecular formula is C23H15Cl3F3N5O3. The summed E-state index contributed by atoms with van der Waals surface area (Å²) < 4.78 is 41.9. The fraction of sp³-hybridized carbons (Fsp3) is 0.174. The molecular weight excluding hydrogens is 558 g/mol. The minimum absolute atomic E-state index is 0.0252. The van der Waals surface area contributed by atoms with Crippen molar-refractivity contribution in [3.63, 3.8) is 0 Å². The van der Waals surface area contributed by atoms with E-state index in [1.54, 1.807) is 0 Å².